The maximum Gasteiger partial charge on any atom is 0.251 e. The first-order valence-corrected chi connectivity index (χ1v) is 14.2. The van der Waals surface area contributed by atoms with E-state index in [2.05, 4.69) is 22.0 Å². The van der Waals surface area contributed by atoms with Crippen LogP contribution in [0.1, 0.15) is 40.0 Å². The zero-order valence-electron chi connectivity index (χ0n) is 22.0. The molecular weight excluding hydrogens is 501 g/mol. The highest BCUT2D eigenvalue weighted by atomic mass is 32.2. The molecule has 1 aromatic heterocycles. The number of hydrogen-bond donors (Lipinski definition) is 1. The number of aromatic nitrogens is 2. The van der Waals surface area contributed by atoms with Crippen molar-refractivity contribution in [3.63, 3.8) is 0 Å². The van der Waals surface area contributed by atoms with Gasteiger partial charge in [-0.25, -0.2) is 14.4 Å². The SMILES string of the molecule is Cc1nc(SCc2cccc(C(=O)NC[C@@H]3CCCO3)c2)nc(N2CCN(c3ccccc3F)CC2)c1C. The Balaban J connectivity index is 1.21. The zero-order valence-corrected chi connectivity index (χ0v) is 22.8. The van der Waals surface area contributed by atoms with E-state index in [-0.39, 0.29) is 17.8 Å². The molecule has 1 N–H and O–H groups in total. The Hall–Kier alpha value is -3.17. The molecule has 0 unspecified atom stereocenters. The summed E-state index contributed by atoms with van der Waals surface area (Å²) in [6.07, 6.45) is 2.17. The Labute approximate surface area is 227 Å². The summed E-state index contributed by atoms with van der Waals surface area (Å²) in [4.78, 5) is 26.6. The fraction of sp³-hybridized carbons (Fsp3) is 0.414. The van der Waals surface area contributed by atoms with Gasteiger partial charge in [0.2, 0.25) is 0 Å². The van der Waals surface area contributed by atoms with Crippen molar-refractivity contribution in [3.8, 4) is 0 Å². The molecule has 2 aromatic carbocycles. The summed E-state index contributed by atoms with van der Waals surface area (Å²) in [6, 6.07) is 14.6. The molecule has 1 atom stereocenters. The maximum absolute atomic E-state index is 14.3. The quantitative estimate of drug-likeness (QED) is 0.329. The van der Waals surface area contributed by atoms with E-state index >= 15 is 0 Å². The van der Waals surface area contributed by atoms with Gasteiger partial charge in [0.25, 0.3) is 5.91 Å². The van der Waals surface area contributed by atoms with Gasteiger partial charge in [0.1, 0.15) is 11.6 Å². The second-order valence-corrected chi connectivity index (χ2v) is 10.7. The molecule has 0 bridgehead atoms. The van der Waals surface area contributed by atoms with Crippen molar-refractivity contribution in [1.82, 2.24) is 15.3 Å². The minimum Gasteiger partial charge on any atom is -0.376 e. The molecule has 3 aromatic rings. The van der Waals surface area contributed by atoms with Crippen molar-refractivity contribution in [2.24, 2.45) is 0 Å². The molecule has 2 saturated heterocycles. The summed E-state index contributed by atoms with van der Waals surface area (Å²) in [5, 5.41) is 3.71. The number of piperazine rings is 1. The Morgan fingerprint density at radius 2 is 1.87 bits per heavy atom. The molecular formula is C29H34FN5O2S. The van der Waals surface area contributed by atoms with Crippen LogP contribution in [-0.2, 0) is 10.5 Å². The molecule has 9 heteroatoms. The number of nitrogens with one attached hydrogen (secondary N) is 1. The molecule has 2 fully saturated rings. The van der Waals surface area contributed by atoms with Crippen molar-refractivity contribution < 1.29 is 13.9 Å². The summed E-state index contributed by atoms with van der Waals surface area (Å²) >= 11 is 1.57. The summed E-state index contributed by atoms with van der Waals surface area (Å²) in [5.41, 5.74) is 4.37. The first-order chi connectivity index (χ1) is 18.5. The predicted molar refractivity (Wildman–Crippen MR) is 150 cm³/mol. The monoisotopic (exact) mass is 535 g/mol. The number of halogens is 1. The molecule has 7 nitrogen and oxygen atoms in total. The highest BCUT2D eigenvalue weighted by Gasteiger charge is 2.23. The third-order valence-corrected chi connectivity index (χ3v) is 8.11. The lowest BCUT2D eigenvalue weighted by molar-refractivity contribution is 0.0857. The smallest absolute Gasteiger partial charge is 0.251 e. The third kappa shape index (κ3) is 6.27. The number of anilines is 2. The first-order valence-electron chi connectivity index (χ1n) is 13.2. The Kier molecular flexibility index (Phi) is 8.44. The van der Waals surface area contributed by atoms with Gasteiger partial charge >= 0.3 is 0 Å². The number of aryl methyl sites for hydroxylation is 1. The standard InChI is InChI=1S/C29H34FN5O2S/c1-20-21(2)32-29(33-27(20)35-14-12-34(13-15-35)26-11-4-3-10-25(26)30)38-19-22-7-5-8-23(17-22)28(36)31-18-24-9-6-16-37-24/h3-5,7-8,10-11,17,24H,6,9,12-16,18-19H2,1-2H3,(H,31,36)/t24-/m0/s1. The fourth-order valence-corrected chi connectivity index (χ4v) is 5.72. The van der Waals surface area contributed by atoms with Crippen LogP contribution in [0.25, 0.3) is 0 Å². The van der Waals surface area contributed by atoms with E-state index in [4.69, 9.17) is 14.7 Å². The van der Waals surface area contributed by atoms with Crippen molar-refractivity contribution in [3.05, 3.63) is 76.7 Å². The molecule has 2 aliphatic rings. The number of benzene rings is 2. The molecule has 200 valence electrons. The lowest BCUT2D eigenvalue weighted by Gasteiger charge is -2.37. The van der Waals surface area contributed by atoms with Crippen LogP contribution in [0.2, 0.25) is 0 Å². The van der Waals surface area contributed by atoms with Gasteiger partial charge in [-0.1, -0.05) is 36.0 Å². The summed E-state index contributed by atoms with van der Waals surface area (Å²) < 4.78 is 19.9. The Bertz CT molecular complexity index is 1280. The van der Waals surface area contributed by atoms with Crippen LogP contribution in [0.5, 0.6) is 0 Å². The van der Waals surface area contributed by atoms with Crippen LogP contribution in [0.15, 0.2) is 53.7 Å². The average Bonchev–Trinajstić information content (AvgIpc) is 3.47. The summed E-state index contributed by atoms with van der Waals surface area (Å²) in [5.74, 6) is 1.34. The minimum absolute atomic E-state index is 0.0772. The second kappa shape index (κ2) is 12.1. The largest absolute Gasteiger partial charge is 0.376 e. The van der Waals surface area contributed by atoms with Crippen LogP contribution < -0.4 is 15.1 Å². The van der Waals surface area contributed by atoms with Gasteiger partial charge in [0.15, 0.2) is 5.16 Å². The number of hydrogen-bond acceptors (Lipinski definition) is 7. The number of ether oxygens (including phenoxy) is 1. The molecule has 3 heterocycles. The lowest BCUT2D eigenvalue weighted by atomic mass is 10.1. The second-order valence-electron chi connectivity index (χ2n) is 9.80. The van der Waals surface area contributed by atoms with Crippen LogP contribution in [0.3, 0.4) is 0 Å². The third-order valence-electron chi connectivity index (χ3n) is 7.19. The van der Waals surface area contributed by atoms with Crippen molar-refractivity contribution in [2.45, 2.75) is 43.7 Å². The Morgan fingerprint density at radius 1 is 1.08 bits per heavy atom. The number of rotatable bonds is 8. The normalized spacial score (nSPS) is 17.6. The van der Waals surface area contributed by atoms with Gasteiger partial charge in [-0.05, 0) is 56.5 Å². The van der Waals surface area contributed by atoms with Gasteiger partial charge < -0.3 is 19.9 Å². The van der Waals surface area contributed by atoms with Gasteiger partial charge in [0.05, 0.1) is 11.8 Å². The van der Waals surface area contributed by atoms with Crippen molar-refractivity contribution in [2.75, 3.05) is 49.1 Å². The molecule has 1 amide bonds. The van der Waals surface area contributed by atoms with Crippen LogP contribution >= 0.6 is 11.8 Å². The topological polar surface area (TPSA) is 70.6 Å². The Morgan fingerprint density at radius 3 is 2.63 bits per heavy atom. The highest BCUT2D eigenvalue weighted by molar-refractivity contribution is 7.98. The molecule has 38 heavy (non-hydrogen) atoms. The number of thioether (sulfide) groups is 1. The fourth-order valence-electron chi connectivity index (χ4n) is 4.89. The van der Waals surface area contributed by atoms with E-state index in [1.54, 1.807) is 17.8 Å². The zero-order chi connectivity index (χ0) is 26.5. The van der Waals surface area contributed by atoms with E-state index < -0.39 is 0 Å². The number of amides is 1. The van der Waals surface area contributed by atoms with E-state index in [1.807, 2.05) is 43.3 Å². The first kappa shape index (κ1) is 26.4. The molecule has 2 aliphatic heterocycles. The lowest BCUT2D eigenvalue weighted by Crippen LogP contribution is -2.47. The highest BCUT2D eigenvalue weighted by Crippen LogP contribution is 2.28. The summed E-state index contributed by atoms with van der Waals surface area (Å²) in [7, 11) is 0. The van der Waals surface area contributed by atoms with Crippen LogP contribution in [-0.4, -0.2) is 61.3 Å². The van der Waals surface area contributed by atoms with Crippen LogP contribution in [0, 0.1) is 19.7 Å². The molecule has 0 radical (unpaired) electrons. The molecule has 0 spiro atoms. The van der Waals surface area contributed by atoms with Gasteiger partial charge in [0, 0.05) is 61.9 Å². The number of nitrogens with zero attached hydrogens (tertiary/aromatic N) is 4. The molecule has 0 saturated carbocycles. The average molecular weight is 536 g/mol. The molecule has 0 aliphatic carbocycles. The van der Waals surface area contributed by atoms with E-state index in [0.717, 1.165) is 68.3 Å². The van der Waals surface area contributed by atoms with Gasteiger partial charge in [-0.15, -0.1) is 0 Å². The number of para-hydroxylation sites is 1. The molecule has 5 rings (SSSR count). The predicted octanol–water partition coefficient (Wildman–Crippen LogP) is 4.76. The van der Waals surface area contributed by atoms with Gasteiger partial charge in [-0.3, -0.25) is 4.79 Å². The van der Waals surface area contributed by atoms with Gasteiger partial charge in [-0.2, -0.15) is 0 Å². The maximum atomic E-state index is 14.3. The number of carbonyl (C=O) groups excluding carboxylic acids is 1. The number of carbonyl (C=O) groups is 1. The minimum atomic E-state index is -0.182. The van der Waals surface area contributed by atoms with E-state index in [0.29, 0.717) is 28.7 Å². The van der Waals surface area contributed by atoms with Crippen molar-refractivity contribution >= 4 is 29.2 Å². The van der Waals surface area contributed by atoms with E-state index in [1.165, 1.54) is 6.07 Å². The van der Waals surface area contributed by atoms with E-state index in [9.17, 15) is 9.18 Å². The summed E-state index contributed by atoms with van der Waals surface area (Å²) in [6.45, 7) is 8.38. The van der Waals surface area contributed by atoms with Crippen molar-refractivity contribution in [1.29, 1.82) is 0 Å². The van der Waals surface area contributed by atoms with Crippen LogP contribution in [0.4, 0.5) is 15.9 Å².